The number of nitrogens with one attached hydrogen (secondary N) is 2. The highest BCUT2D eigenvalue weighted by molar-refractivity contribution is 8.00. The van der Waals surface area contributed by atoms with E-state index in [0.717, 1.165) is 15.7 Å². The summed E-state index contributed by atoms with van der Waals surface area (Å²) in [6.07, 6.45) is 0. The van der Waals surface area contributed by atoms with Gasteiger partial charge in [0.2, 0.25) is 11.8 Å². The highest BCUT2D eigenvalue weighted by Crippen LogP contribution is 2.31. The number of rotatable bonds is 8. The molecule has 4 aromatic rings. The largest absolute Gasteiger partial charge is 0.497 e. The smallest absolute Gasteiger partial charge is 0.270 e. The predicted molar refractivity (Wildman–Crippen MR) is 140 cm³/mol. The maximum absolute atomic E-state index is 13.6. The lowest BCUT2D eigenvalue weighted by Gasteiger charge is -2.11. The van der Waals surface area contributed by atoms with E-state index in [1.807, 2.05) is 0 Å². The van der Waals surface area contributed by atoms with Gasteiger partial charge in [-0.15, -0.1) is 0 Å². The molecule has 3 aromatic carbocycles. The number of aromatic nitrogens is 2. The fourth-order valence-corrected chi connectivity index (χ4v) is 5.97. The van der Waals surface area contributed by atoms with Crippen LogP contribution in [0.5, 0.6) is 5.75 Å². The van der Waals surface area contributed by atoms with Gasteiger partial charge in [0.25, 0.3) is 10.0 Å². The van der Waals surface area contributed by atoms with E-state index in [4.69, 9.17) is 16.3 Å². The molecule has 0 unspecified atom stereocenters. The van der Waals surface area contributed by atoms with E-state index >= 15 is 0 Å². The number of halogens is 1. The zero-order valence-electron chi connectivity index (χ0n) is 19.2. The van der Waals surface area contributed by atoms with Crippen LogP contribution < -0.4 is 15.4 Å². The third kappa shape index (κ3) is 5.64. The van der Waals surface area contributed by atoms with Crippen molar-refractivity contribution in [2.75, 3.05) is 23.5 Å². The van der Waals surface area contributed by atoms with Gasteiger partial charge in [0.05, 0.1) is 28.8 Å². The second kappa shape index (κ2) is 10.6. The standard InChI is InChI=1S/C24H21ClN4O5S2/c1-15(30)26-17-5-7-18(8-6-17)27-23(31)14-35-24-28-21-12-9-19(34-2)13-22(21)29(24)36(32,33)20-10-3-16(25)4-11-20/h3-13H,14H2,1-2H3,(H,26,30)(H,27,31). The first-order chi connectivity index (χ1) is 17.2. The topological polar surface area (TPSA) is 119 Å². The molecule has 1 aromatic heterocycles. The number of imidazole rings is 1. The Morgan fingerprint density at radius 1 is 1.00 bits per heavy atom. The Morgan fingerprint density at radius 2 is 1.64 bits per heavy atom. The van der Waals surface area contributed by atoms with Gasteiger partial charge in [0.15, 0.2) is 5.16 Å². The summed E-state index contributed by atoms with van der Waals surface area (Å²) in [5, 5.41) is 5.93. The number of fused-ring (bicyclic) bond motifs is 1. The number of thioether (sulfide) groups is 1. The second-order valence-electron chi connectivity index (χ2n) is 7.57. The summed E-state index contributed by atoms with van der Waals surface area (Å²) in [4.78, 5) is 28.3. The SMILES string of the molecule is COc1ccc2nc(SCC(=O)Nc3ccc(NC(C)=O)cc3)n(S(=O)(=O)c3ccc(Cl)cc3)c2c1. The molecule has 36 heavy (non-hydrogen) atoms. The van der Waals surface area contributed by atoms with Crippen LogP contribution in [0.3, 0.4) is 0 Å². The maximum Gasteiger partial charge on any atom is 0.270 e. The summed E-state index contributed by atoms with van der Waals surface area (Å²) >= 11 is 6.92. The monoisotopic (exact) mass is 544 g/mol. The molecule has 0 radical (unpaired) electrons. The van der Waals surface area contributed by atoms with Gasteiger partial charge < -0.3 is 15.4 Å². The molecule has 0 bridgehead atoms. The molecule has 2 amide bonds. The lowest BCUT2D eigenvalue weighted by atomic mass is 10.3. The van der Waals surface area contributed by atoms with E-state index in [1.165, 1.54) is 38.3 Å². The van der Waals surface area contributed by atoms with Crippen LogP contribution in [0, 0.1) is 0 Å². The fourth-order valence-electron chi connectivity index (χ4n) is 3.34. The van der Waals surface area contributed by atoms with Crippen LogP contribution in [0.2, 0.25) is 5.02 Å². The average molecular weight is 545 g/mol. The van der Waals surface area contributed by atoms with Crippen molar-refractivity contribution in [3.8, 4) is 5.75 Å². The Labute approximate surface area is 216 Å². The number of carbonyl (C=O) groups is 2. The van der Waals surface area contributed by atoms with E-state index < -0.39 is 10.0 Å². The molecule has 4 rings (SSSR count). The number of methoxy groups -OCH3 is 1. The van der Waals surface area contributed by atoms with Crippen molar-refractivity contribution in [2.24, 2.45) is 0 Å². The molecule has 0 aliphatic heterocycles. The Balaban J connectivity index is 1.61. The van der Waals surface area contributed by atoms with E-state index in [0.29, 0.717) is 33.2 Å². The van der Waals surface area contributed by atoms with Crippen LogP contribution in [0.25, 0.3) is 11.0 Å². The first-order valence-electron chi connectivity index (χ1n) is 10.6. The molecule has 0 saturated heterocycles. The Bertz CT molecular complexity index is 1540. The summed E-state index contributed by atoms with van der Waals surface area (Å²) < 4.78 is 33.5. The van der Waals surface area contributed by atoms with Crippen LogP contribution in [0.1, 0.15) is 6.92 Å². The molecule has 0 saturated carbocycles. The molecule has 2 N–H and O–H groups in total. The number of carbonyl (C=O) groups excluding carboxylic acids is 2. The quantitative estimate of drug-likeness (QED) is 0.310. The minimum Gasteiger partial charge on any atom is -0.497 e. The normalized spacial score (nSPS) is 11.3. The van der Waals surface area contributed by atoms with Crippen molar-refractivity contribution >= 4 is 67.6 Å². The highest BCUT2D eigenvalue weighted by Gasteiger charge is 2.25. The first-order valence-corrected chi connectivity index (χ1v) is 13.4. The van der Waals surface area contributed by atoms with Crippen LogP contribution in [0.15, 0.2) is 76.8 Å². The van der Waals surface area contributed by atoms with E-state index in [-0.39, 0.29) is 27.6 Å². The number of amides is 2. The van der Waals surface area contributed by atoms with Crippen LogP contribution >= 0.6 is 23.4 Å². The second-order valence-corrected chi connectivity index (χ2v) is 10.7. The summed E-state index contributed by atoms with van der Waals surface area (Å²) in [6.45, 7) is 1.41. The zero-order valence-corrected chi connectivity index (χ0v) is 21.6. The minimum atomic E-state index is -4.06. The maximum atomic E-state index is 13.6. The molecule has 1 heterocycles. The predicted octanol–water partition coefficient (Wildman–Crippen LogP) is 4.62. The number of hydrogen-bond acceptors (Lipinski definition) is 7. The lowest BCUT2D eigenvalue weighted by Crippen LogP contribution is -2.17. The van der Waals surface area contributed by atoms with Crippen molar-refractivity contribution in [3.05, 3.63) is 71.8 Å². The molecule has 0 fully saturated rings. The highest BCUT2D eigenvalue weighted by atomic mass is 35.5. The van der Waals surface area contributed by atoms with Crippen molar-refractivity contribution in [1.29, 1.82) is 0 Å². The van der Waals surface area contributed by atoms with Crippen molar-refractivity contribution < 1.29 is 22.7 Å². The molecule has 0 aliphatic rings. The van der Waals surface area contributed by atoms with Gasteiger partial charge in [0.1, 0.15) is 5.75 Å². The minimum absolute atomic E-state index is 0.0274. The average Bonchev–Trinajstić information content (AvgIpc) is 3.22. The van der Waals surface area contributed by atoms with Gasteiger partial charge >= 0.3 is 0 Å². The molecule has 186 valence electrons. The van der Waals surface area contributed by atoms with Gasteiger partial charge in [-0.1, -0.05) is 23.4 Å². The number of nitrogens with zero attached hydrogens (tertiary/aromatic N) is 2. The molecule has 12 heteroatoms. The summed E-state index contributed by atoms with van der Waals surface area (Å²) in [5.74, 6) is -0.180. The van der Waals surface area contributed by atoms with Gasteiger partial charge in [-0.25, -0.2) is 17.4 Å². The lowest BCUT2D eigenvalue weighted by molar-refractivity contribution is -0.114. The molecule has 0 atom stereocenters. The van der Waals surface area contributed by atoms with Crippen LogP contribution in [-0.2, 0) is 19.6 Å². The van der Waals surface area contributed by atoms with E-state index in [1.54, 1.807) is 42.5 Å². The molecular weight excluding hydrogens is 524 g/mol. The third-order valence-corrected chi connectivity index (χ3v) is 7.99. The molecular formula is C24H21ClN4O5S2. The van der Waals surface area contributed by atoms with E-state index in [2.05, 4.69) is 15.6 Å². The van der Waals surface area contributed by atoms with Gasteiger partial charge in [-0.2, -0.15) is 0 Å². The molecule has 0 aliphatic carbocycles. The Kier molecular flexibility index (Phi) is 7.53. The van der Waals surface area contributed by atoms with Crippen LogP contribution in [0.4, 0.5) is 11.4 Å². The first kappa shape index (κ1) is 25.5. The summed E-state index contributed by atoms with van der Waals surface area (Å²) in [6, 6.07) is 17.4. The zero-order chi connectivity index (χ0) is 25.9. The summed E-state index contributed by atoms with van der Waals surface area (Å²) in [5.41, 5.74) is 1.89. The van der Waals surface area contributed by atoms with Crippen molar-refractivity contribution in [2.45, 2.75) is 17.0 Å². The number of hydrogen-bond donors (Lipinski definition) is 2. The molecule has 0 spiro atoms. The molecule has 9 nitrogen and oxygen atoms in total. The van der Waals surface area contributed by atoms with Gasteiger partial charge in [-0.05, 0) is 60.7 Å². The van der Waals surface area contributed by atoms with Crippen molar-refractivity contribution in [1.82, 2.24) is 8.96 Å². The van der Waals surface area contributed by atoms with E-state index in [9.17, 15) is 18.0 Å². The fraction of sp³-hybridized carbons (Fsp3) is 0.125. The number of anilines is 2. The van der Waals surface area contributed by atoms with Crippen molar-refractivity contribution in [3.63, 3.8) is 0 Å². The third-order valence-electron chi connectivity index (χ3n) is 4.96. The number of ether oxygens (including phenoxy) is 1. The Hall–Kier alpha value is -3.54. The van der Waals surface area contributed by atoms with Crippen LogP contribution in [-0.4, -0.2) is 42.1 Å². The van der Waals surface area contributed by atoms with Gasteiger partial charge in [-0.3, -0.25) is 9.59 Å². The Morgan fingerprint density at radius 3 is 2.25 bits per heavy atom. The number of benzene rings is 3. The van der Waals surface area contributed by atoms with Gasteiger partial charge in [0, 0.05) is 29.4 Å². The summed E-state index contributed by atoms with van der Waals surface area (Å²) in [7, 11) is -2.58.